The molecule has 2 aromatic heterocycles. The lowest BCUT2D eigenvalue weighted by molar-refractivity contribution is -0.128. The van der Waals surface area contributed by atoms with Crippen LogP contribution < -0.4 is 5.32 Å². The Bertz CT molecular complexity index is 799. The molecule has 0 radical (unpaired) electrons. The molecule has 1 N–H and O–H groups in total. The second kappa shape index (κ2) is 6.31. The highest BCUT2D eigenvalue weighted by molar-refractivity contribution is 5.96. The molecule has 130 valence electrons. The van der Waals surface area contributed by atoms with Crippen molar-refractivity contribution < 1.29 is 14.0 Å². The van der Waals surface area contributed by atoms with Gasteiger partial charge in [-0.05, 0) is 31.9 Å². The fourth-order valence-corrected chi connectivity index (χ4v) is 3.16. The van der Waals surface area contributed by atoms with Crippen molar-refractivity contribution in [3.63, 3.8) is 0 Å². The monoisotopic (exact) mass is 340 g/mol. The molecule has 4 rings (SSSR count). The highest BCUT2D eigenvalue weighted by atomic mass is 16.3. The maximum atomic E-state index is 12.5. The highest BCUT2D eigenvalue weighted by Crippen LogP contribution is 2.39. The molecular weight excluding hydrogens is 320 g/mol. The number of nitrogens with one attached hydrogen (secondary N) is 1. The molecule has 0 bridgehead atoms. The molecule has 0 unspecified atom stereocenters. The summed E-state index contributed by atoms with van der Waals surface area (Å²) in [6.45, 7) is 2.62. The fourth-order valence-electron chi connectivity index (χ4n) is 3.16. The van der Waals surface area contributed by atoms with Crippen molar-refractivity contribution in [2.75, 3.05) is 11.9 Å². The van der Waals surface area contributed by atoms with Gasteiger partial charge in [0.15, 0.2) is 0 Å². The summed E-state index contributed by atoms with van der Waals surface area (Å²) in [6.07, 6.45) is 4.08. The van der Waals surface area contributed by atoms with Crippen molar-refractivity contribution >= 4 is 17.6 Å². The van der Waals surface area contributed by atoms with Gasteiger partial charge in [-0.15, -0.1) is 0 Å². The minimum Gasteiger partial charge on any atom is -0.467 e. The second-order valence-corrected chi connectivity index (χ2v) is 6.74. The Balaban J connectivity index is 1.40. The Morgan fingerprint density at radius 1 is 1.40 bits per heavy atom. The third-order valence-corrected chi connectivity index (χ3v) is 4.62. The smallest absolute Gasteiger partial charge is 0.230 e. The molecule has 2 amide bonds. The van der Waals surface area contributed by atoms with Crippen LogP contribution in [-0.2, 0) is 16.1 Å². The van der Waals surface area contributed by atoms with Crippen LogP contribution in [0.3, 0.4) is 0 Å². The summed E-state index contributed by atoms with van der Waals surface area (Å²) in [7, 11) is 0. The van der Waals surface area contributed by atoms with Gasteiger partial charge in [-0.25, -0.2) is 9.97 Å². The van der Waals surface area contributed by atoms with Gasteiger partial charge in [0, 0.05) is 30.6 Å². The zero-order valence-corrected chi connectivity index (χ0v) is 14.1. The number of likely N-dealkylation sites (tertiary alicyclic amines) is 1. The SMILES string of the molecule is Cc1nc(NC(=O)[C@@H]2CC(=O)N(Cc3ccco3)C2)cc(C2CC2)n1. The quantitative estimate of drug-likeness (QED) is 0.902. The minimum atomic E-state index is -0.373. The van der Waals surface area contributed by atoms with Gasteiger partial charge < -0.3 is 14.6 Å². The molecule has 2 fully saturated rings. The van der Waals surface area contributed by atoms with Crippen molar-refractivity contribution in [2.45, 2.75) is 38.6 Å². The fraction of sp³-hybridized carbons (Fsp3) is 0.444. The lowest BCUT2D eigenvalue weighted by atomic mass is 10.1. The molecule has 1 aliphatic carbocycles. The number of carbonyl (C=O) groups excluding carboxylic acids is 2. The first kappa shape index (κ1) is 15.8. The standard InChI is InChI=1S/C18H20N4O3/c1-11-19-15(12-4-5-12)8-16(20-11)21-18(24)13-7-17(23)22(9-13)10-14-3-2-6-25-14/h2-3,6,8,12-13H,4-5,7,9-10H2,1H3,(H,19,20,21,24)/t13-/m1/s1. The number of anilines is 1. The van der Waals surface area contributed by atoms with E-state index in [4.69, 9.17) is 4.42 Å². The van der Waals surface area contributed by atoms with E-state index in [1.807, 2.05) is 19.1 Å². The molecule has 0 aromatic carbocycles. The van der Waals surface area contributed by atoms with Gasteiger partial charge in [0.25, 0.3) is 0 Å². The number of aromatic nitrogens is 2. The van der Waals surface area contributed by atoms with Crippen molar-refractivity contribution in [3.8, 4) is 0 Å². The number of rotatable bonds is 5. The van der Waals surface area contributed by atoms with Crippen LogP contribution >= 0.6 is 0 Å². The van der Waals surface area contributed by atoms with Crippen molar-refractivity contribution in [1.29, 1.82) is 0 Å². The first-order chi connectivity index (χ1) is 12.1. The topological polar surface area (TPSA) is 88.3 Å². The summed E-state index contributed by atoms with van der Waals surface area (Å²) in [5, 5.41) is 2.86. The van der Waals surface area contributed by atoms with Gasteiger partial charge in [-0.1, -0.05) is 0 Å². The molecule has 0 spiro atoms. The van der Waals surface area contributed by atoms with Crippen LogP contribution in [0.5, 0.6) is 0 Å². The van der Waals surface area contributed by atoms with E-state index in [1.165, 1.54) is 0 Å². The summed E-state index contributed by atoms with van der Waals surface area (Å²) < 4.78 is 5.28. The average Bonchev–Trinajstić information content (AvgIpc) is 3.18. The molecule has 7 nitrogen and oxygen atoms in total. The van der Waals surface area contributed by atoms with Crippen LogP contribution in [0.4, 0.5) is 5.82 Å². The molecule has 1 aliphatic heterocycles. The Kier molecular flexibility index (Phi) is 3.99. The third-order valence-electron chi connectivity index (χ3n) is 4.62. The molecule has 1 saturated heterocycles. The molecular formula is C18H20N4O3. The predicted molar refractivity (Wildman–Crippen MR) is 89.6 cm³/mol. The first-order valence-corrected chi connectivity index (χ1v) is 8.55. The van der Waals surface area contributed by atoms with E-state index in [0.29, 0.717) is 30.6 Å². The van der Waals surface area contributed by atoms with E-state index < -0.39 is 0 Å². The first-order valence-electron chi connectivity index (χ1n) is 8.55. The molecule has 7 heteroatoms. The summed E-state index contributed by atoms with van der Waals surface area (Å²) >= 11 is 0. The summed E-state index contributed by atoms with van der Waals surface area (Å²) in [6, 6.07) is 5.46. The molecule has 1 saturated carbocycles. The van der Waals surface area contributed by atoms with Crippen LogP contribution in [0, 0.1) is 12.8 Å². The van der Waals surface area contributed by atoms with E-state index in [2.05, 4.69) is 15.3 Å². The highest BCUT2D eigenvalue weighted by Gasteiger charge is 2.35. The van der Waals surface area contributed by atoms with E-state index in [1.54, 1.807) is 17.2 Å². The zero-order valence-electron chi connectivity index (χ0n) is 14.1. The average molecular weight is 340 g/mol. The summed E-state index contributed by atoms with van der Waals surface area (Å²) in [4.78, 5) is 35.1. The van der Waals surface area contributed by atoms with Crippen molar-refractivity contribution in [3.05, 3.63) is 41.7 Å². The normalized spacial score (nSPS) is 20.1. The van der Waals surface area contributed by atoms with Gasteiger partial charge >= 0.3 is 0 Å². The number of amides is 2. The number of hydrogen-bond donors (Lipinski definition) is 1. The third kappa shape index (κ3) is 3.55. The lowest BCUT2D eigenvalue weighted by Crippen LogP contribution is -2.28. The van der Waals surface area contributed by atoms with Crippen LogP contribution in [-0.4, -0.2) is 33.2 Å². The van der Waals surface area contributed by atoms with E-state index >= 15 is 0 Å². The molecule has 1 atom stereocenters. The maximum Gasteiger partial charge on any atom is 0.230 e. The number of aryl methyl sites for hydroxylation is 1. The van der Waals surface area contributed by atoms with Crippen LogP contribution in [0.1, 0.15) is 42.5 Å². The van der Waals surface area contributed by atoms with Gasteiger partial charge in [0.05, 0.1) is 18.7 Å². The molecule has 2 aliphatic rings. The molecule has 2 aromatic rings. The Labute approximate surface area is 145 Å². The van der Waals surface area contributed by atoms with Crippen molar-refractivity contribution in [1.82, 2.24) is 14.9 Å². The van der Waals surface area contributed by atoms with Gasteiger partial charge in [0.1, 0.15) is 17.4 Å². The molecule has 25 heavy (non-hydrogen) atoms. The van der Waals surface area contributed by atoms with Gasteiger partial charge in [-0.2, -0.15) is 0 Å². The maximum absolute atomic E-state index is 12.5. The lowest BCUT2D eigenvalue weighted by Gasteiger charge is -2.15. The van der Waals surface area contributed by atoms with Crippen LogP contribution in [0.15, 0.2) is 28.9 Å². The predicted octanol–water partition coefficient (Wildman–Crippen LogP) is 2.24. The number of furan rings is 1. The number of hydrogen-bond acceptors (Lipinski definition) is 5. The van der Waals surface area contributed by atoms with Crippen LogP contribution in [0.2, 0.25) is 0 Å². The largest absolute Gasteiger partial charge is 0.467 e. The summed E-state index contributed by atoms with van der Waals surface area (Å²) in [5.41, 5.74) is 0.991. The van der Waals surface area contributed by atoms with E-state index in [9.17, 15) is 9.59 Å². The minimum absolute atomic E-state index is 0.0333. The zero-order chi connectivity index (χ0) is 17.4. The molecule has 3 heterocycles. The van der Waals surface area contributed by atoms with E-state index in [-0.39, 0.29) is 24.2 Å². The number of carbonyl (C=O) groups is 2. The van der Waals surface area contributed by atoms with Crippen LogP contribution in [0.25, 0.3) is 0 Å². The second-order valence-electron chi connectivity index (χ2n) is 6.74. The number of nitrogens with zero attached hydrogens (tertiary/aromatic N) is 3. The Morgan fingerprint density at radius 3 is 2.96 bits per heavy atom. The Hall–Kier alpha value is -2.70. The van der Waals surface area contributed by atoms with E-state index in [0.717, 1.165) is 24.3 Å². The van der Waals surface area contributed by atoms with Gasteiger partial charge in [-0.3, -0.25) is 9.59 Å². The van der Waals surface area contributed by atoms with Crippen molar-refractivity contribution in [2.24, 2.45) is 5.92 Å². The Morgan fingerprint density at radius 2 is 2.24 bits per heavy atom. The van der Waals surface area contributed by atoms with Gasteiger partial charge in [0.2, 0.25) is 11.8 Å². The summed E-state index contributed by atoms with van der Waals surface area (Å²) in [5.74, 6) is 1.81.